The lowest BCUT2D eigenvalue weighted by Crippen LogP contribution is -2.32. The van der Waals surface area contributed by atoms with Gasteiger partial charge in [0.05, 0.1) is 34.1 Å². The molecule has 5 rings (SSSR count). The lowest BCUT2D eigenvalue weighted by Gasteiger charge is -2.22. The summed E-state index contributed by atoms with van der Waals surface area (Å²) in [4.78, 5) is 65.1. The van der Waals surface area contributed by atoms with Crippen molar-refractivity contribution in [1.29, 1.82) is 0 Å². The molecule has 1 aliphatic carbocycles. The number of carbonyl (C=O) groups is 4. The van der Waals surface area contributed by atoms with Crippen molar-refractivity contribution in [2.75, 3.05) is 16.3 Å². The first-order chi connectivity index (χ1) is 18.1. The number of nitro benzene ring substituents is 1. The number of allylic oxidation sites excluding steroid dienone is 2. The Morgan fingerprint density at radius 3 is 2.50 bits per heavy atom. The van der Waals surface area contributed by atoms with Crippen LogP contribution in [0.15, 0.2) is 48.6 Å². The van der Waals surface area contributed by atoms with E-state index in [1.807, 2.05) is 19.1 Å². The first-order valence-corrected chi connectivity index (χ1v) is 12.5. The number of ether oxygens (including phenoxy) is 1. The third-order valence-electron chi connectivity index (χ3n) is 7.66. The van der Waals surface area contributed by atoms with E-state index >= 15 is 0 Å². The Balaban J connectivity index is 1.29. The average molecular weight is 518 g/mol. The van der Waals surface area contributed by atoms with E-state index in [1.54, 1.807) is 38.1 Å². The van der Waals surface area contributed by atoms with Gasteiger partial charge in [-0.25, -0.2) is 4.90 Å². The van der Waals surface area contributed by atoms with Gasteiger partial charge in [0.25, 0.3) is 5.69 Å². The molecule has 2 heterocycles. The first-order valence-electron chi connectivity index (χ1n) is 12.5. The minimum atomic E-state index is -0.748. The largest absolute Gasteiger partial charge is 0.426 e. The van der Waals surface area contributed by atoms with Crippen molar-refractivity contribution < 1.29 is 28.8 Å². The van der Waals surface area contributed by atoms with E-state index in [9.17, 15) is 29.3 Å². The summed E-state index contributed by atoms with van der Waals surface area (Å²) in [6.07, 6.45) is 4.38. The highest BCUT2D eigenvalue weighted by Gasteiger charge is 2.50. The maximum atomic E-state index is 13.1. The highest BCUT2D eigenvalue weighted by Crippen LogP contribution is 2.41. The smallest absolute Gasteiger partial charge is 0.316 e. The number of amides is 3. The van der Waals surface area contributed by atoms with Gasteiger partial charge in [0.2, 0.25) is 17.7 Å². The average Bonchev–Trinajstić information content (AvgIpc) is 3.38. The van der Waals surface area contributed by atoms with Gasteiger partial charge in [-0.1, -0.05) is 25.1 Å². The van der Waals surface area contributed by atoms with Gasteiger partial charge in [-0.3, -0.25) is 29.3 Å². The second-order valence-corrected chi connectivity index (χ2v) is 10.2. The molecule has 0 aromatic heterocycles. The molecule has 0 N–H and O–H groups in total. The molecule has 0 unspecified atom stereocenters. The van der Waals surface area contributed by atoms with E-state index in [4.69, 9.17) is 4.74 Å². The van der Waals surface area contributed by atoms with Crippen molar-refractivity contribution >= 4 is 40.8 Å². The van der Waals surface area contributed by atoms with Crippen LogP contribution in [-0.2, 0) is 19.2 Å². The van der Waals surface area contributed by atoms with Crippen molar-refractivity contribution in [3.05, 3.63) is 69.8 Å². The van der Waals surface area contributed by atoms with Crippen LogP contribution in [0.4, 0.5) is 17.1 Å². The fourth-order valence-electron chi connectivity index (χ4n) is 5.60. The zero-order chi connectivity index (χ0) is 27.3. The fourth-order valence-corrected chi connectivity index (χ4v) is 5.60. The molecule has 4 atom stereocenters. The third kappa shape index (κ3) is 4.25. The van der Waals surface area contributed by atoms with Crippen LogP contribution in [0, 0.1) is 47.6 Å². The van der Waals surface area contributed by atoms with Gasteiger partial charge in [-0.05, 0) is 56.0 Å². The third-order valence-corrected chi connectivity index (χ3v) is 7.66. The molecule has 196 valence electrons. The van der Waals surface area contributed by atoms with Crippen LogP contribution in [0.2, 0.25) is 0 Å². The van der Waals surface area contributed by atoms with Gasteiger partial charge in [-0.15, -0.1) is 0 Å². The maximum absolute atomic E-state index is 13.1. The zero-order valence-electron chi connectivity index (χ0n) is 21.2. The van der Waals surface area contributed by atoms with Crippen molar-refractivity contribution in [3.8, 4) is 5.75 Å². The normalized spacial score (nSPS) is 24.7. The van der Waals surface area contributed by atoms with Gasteiger partial charge >= 0.3 is 5.97 Å². The molecule has 10 nitrogen and oxygen atoms in total. The number of aryl methyl sites for hydroxylation is 2. The predicted molar refractivity (Wildman–Crippen MR) is 138 cm³/mol. The number of anilines is 2. The molecule has 2 aromatic rings. The Labute approximate surface area is 219 Å². The summed E-state index contributed by atoms with van der Waals surface area (Å²) >= 11 is 0. The van der Waals surface area contributed by atoms with Gasteiger partial charge in [0.15, 0.2) is 0 Å². The molecule has 0 spiro atoms. The summed E-state index contributed by atoms with van der Waals surface area (Å²) in [7, 11) is 0. The van der Waals surface area contributed by atoms with Crippen molar-refractivity contribution in [1.82, 2.24) is 0 Å². The van der Waals surface area contributed by atoms with Crippen LogP contribution in [0.3, 0.4) is 0 Å². The summed E-state index contributed by atoms with van der Waals surface area (Å²) in [6, 6.07) is 9.23. The lowest BCUT2D eigenvalue weighted by atomic mass is 9.78. The van der Waals surface area contributed by atoms with Crippen LogP contribution in [0.5, 0.6) is 5.75 Å². The van der Waals surface area contributed by atoms with Gasteiger partial charge < -0.3 is 9.64 Å². The number of fused-ring (bicyclic) bond motifs is 1. The molecule has 2 aliphatic heterocycles. The SMILES string of the molecule is Cc1cc(OC(=O)[C@@H]2CC(=O)N(c3ccc(C)c([N+](=O)[O-])c3)C2)ccc1N1C(=O)[C@@H]2[C@@H](C)C=CC[C@H]2C1=O. The zero-order valence-corrected chi connectivity index (χ0v) is 21.2. The molecule has 2 saturated heterocycles. The first kappa shape index (κ1) is 25.3. The minimum Gasteiger partial charge on any atom is -0.426 e. The number of rotatable bonds is 5. The molecule has 10 heteroatoms. The molecular formula is C28H27N3O7. The fraction of sp³-hybridized carbons (Fsp3) is 0.357. The second kappa shape index (κ2) is 9.51. The Bertz CT molecular complexity index is 1420. The second-order valence-electron chi connectivity index (χ2n) is 10.2. The molecule has 2 aromatic carbocycles. The quantitative estimate of drug-likeness (QED) is 0.147. The lowest BCUT2D eigenvalue weighted by molar-refractivity contribution is -0.385. The Kier molecular flexibility index (Phi) is 6.34. The molecule has 38 heavy (non-hydrogen) atoms. The summed E-state index contributed by atoms with van der Waals surface area (Å²) in [5, 5.41) is 11.3. The summed E-state index contributed by atoms with van der Waals surface area (Å²) in [5.74, 6) is -2.63. The van der Waals surface area contributed by atoms with Crippen LogP contribution in [-0.4, -0.2) is 35.2 Å². The monoisotopic (exact) mass is 517 g/mol. The topological polar surface area (TPSA) is 127 Å². The number of nitro groups is 1. The number of imide groups is 1. The van der Waals surface area contributed by atoms with Crippen molar-refractivity contribution in [2.24, 2.45) is 23.7 Å². The summed E-state index contributed by atoms with van der Waals surface area (Å²) in [5.41, 5.74) is 1.80. The Morgan fingerprint density at radius 1 is 1.05 bits per heavy atom. The minimum absolute atomic E-state index is 0.0181. The van der Waals surface area contributed by atoms with Crippen LogP contribution >= 0.6 is 0 Å². The number of hydrogen-bond donors (Lipinski definition) is 0. The van der Waals surface area contributed by atoms with E-state index in [2.05, 4.69) is 0 Å². The highest BCUT2D eigenvalue weighted by atomic mass is 16.6. The molecule has 0 radical (unpaired) electrons. The molecule has 3 aliphatic rings. The number of esters is 1. The van der Waals surface area contributed by atoms with E-state index in [0.29, 0.717) is 28.9 Å². The summed E-state index contributed by atoms with van der Waals surface area (Å²) < 4.78 is 5.55. The predicted octanol–water partition coefficient (Wildman–Crippen LogP) is 3.87. The van der Waals surface area contributed by atoms with Gasteiger partial charge in [0, 0.05) is 24.6 Å². The number of carbonyl (C=O) groups excluding carboxylic acids is 4. The maximum Gasteiger partial charge on any atom is 0.316 e. The molecule has 0 bridgehead atoms. The molecular weight excluding hydrogens is 490 g/mol. The summed E-state index contributed by atoms with van der Waals surface area (Å²) in [6.45, 7) is 5.33. The van der Waals surface area contributed by atoms with Crippen LogP contribution in [0.1, 0.15) is 30.9 Å². The van der Waals surface area contributed by atoms with E-state index in [1.165, 1.54) is 21.9 Å². The number of benzene rings is 2. The van der Waals surface area contributed by atoms with Crippen molar-refractivity contribution in [3.63, 3.8) is 0 Å². The van der Waals surface area contributed by atoms with Gasteiger partial charge in [-0.2, -0.15) is 0 Å². The molecule has 3 amide bonds. The molecule has 0 saturated carbocycles. The van der Waals surface area contributed by atoms with Crippen LogP contribution < -0.4 is 14.5 Å². The van der Waals surface area contributed by atoms with Gasteiger partial charge in [0.1, 0.15) is 5.75 Å². The number of nitrogens with zero attached hydrogens (tertiary/aromatic N) is 3. The Hall–Kier alpha value is -4.34. The van der Waals surface area contributed by atoms with E-state index in [-0.39, 0.29) is 59.9 Å². The van der Waals surface area contributed by atoms with Crippen molar-refractivity contribution in [2.45, 2.75) is 33.6 Å². The van der Waals surface area contributed by atoms with Crippen LogP contribution in [0.25, 0.3) is 0 Å². The highest BCUT2D eigenvalue weighted by molar-refractivity contribution is 6.22. The number of hydrogen-bond acceptors (Lipinski definition) is 7. The van der Waals surface area contributed by atoms with E-state index in [0.717, 1.165) is 0 Å². The Morgan fingerprint density at radius 2 is 1.82 bits per heavy atom. The van der Waals surface area contributed by atoms with E-state index < -0.39 is 16.8 Å². The molecule has 2 fully saturated rings. The standard InChI is InChI=1S/C28H27N3O7/c1-15-7-8-19(13-23(15)31(36)37)29-14-18(12-24(29)32)28(35)38-20-9-10-22(17(3)11-20)30-26(33)21-6-4-5-16(2)25(21)27(30)34/h4-5,7-11,13,16,18,21,25H,6,12,14H2,1-3H3/t16-,18+,21+,25+/m0/s1.